The van der Waals surface area contributed by atoms with Crippen molar-refractivity contribution in [1.29, 1.82) is 0 Å². The zero-order chi connectivity index (χ0) is 21.3. The maximum Gasteiger partial charge on any atom is 0.191 e. The van der Waals surface area contributed by atoms with Gasteiger partial charge in [0.1, 0.15) is 5.82 Å². The van der Waals surface area contributed by atoms with Crippen molar-refractivity contribution >= 4 is 41.3 Å². The fraction of sp³-hybridized carbons (Fsp3) is 0.500. The normalized spacial score (nSPS) is 17.0. The van der Waals surface area contributed by atoms with Crippen molar-refractivity contribution < 1.29 is 14.2 Å². The van der Waals surface area contributed by atoms with Crippen LogP contribution >= 0.6 is 35.3 Å². The van der Waals surface area contributed by atoms with E-state index in [9.17, 15) is 9.50 Å². The van der Waals surface area contributed by atoms with Gasteiger partial charge < -0.3 is 20.5 Å². The van der Waals surface area contributed by atoms with Crippen molar-refractivity contribution in [1.82, 2.24) is 15.5 Å². The summed E-state index contributed by atoms with van der Waals surface area (Å²) >= 11 is 1.80. The number of aryl methyl sites for hydroxylation is 1. The molecular formula is C22H32FIN4O2S. The van der Waals surface area contributed by atoms with Gasteiger partial charge in [0.25, 0.3) is 0 Å². The molecule has 2 heterocycles. The van der Waals surface area contributed by atoms with E-state index < -0.39 is 11.9 Å². The van der Waals surface area contributed by atoms with Gasteiger partial charge in [0.05, 0.1) is 31.9 Å². The topological polar surface area (TPSA) is 69.1 Å². The molecule has 1 saturated heterocycles. The van der Waals surface area contributed by atoms with Crippen LogP contribution in [0.3, 0.4) is 0 Å². The van der Waals surface area contributed by atoms with E-state index in [0.717, 1.165) is 26.3 Å². The van der Waals surface area contributed by atoms with Crippen molar-refractivity contribution in [3.05, 3.63) is 57.5 Å². The molecule has 6 nitrogen and oxygen atoms in total. The maximum absolute atomic E-state index is 13.9. The van der Waals surface area contributed by atoms with E-state index in [1.807, 2.05) is 6.92 Å². The Bertz CT molecular complexity index is 829. The van der Waals surface area contributed by atoms with Gasteiger partial charge in [-0.15, -0.1) is 35.3 Å². The minimum absolute atomic E-state index is 0. The van der Waals surface area contributed by atoms with Gasteiger partial charge >= 0.3 is 0 Å². The molecule has 2 unspecified atom stereocenters. The average Bonchev–Trinajstić information content (AvgIpc) is 3.19. The highest BCUT2D eigenvalue weighted by Crippen LogP contribution is 2.28. The number of hydrogen-bond donors (Lipinski definition) is 3. The lowest BCUT2D eigenvalue weighted by molar-refractivity contribution is 0.0186. The minimum atomic E-state index is -0.954. The van der Waals surface area contributed by atoms with Crippen LogP contribution in [0.2, 0.25) is 0 Å². The van der Waals surface area contributed by atoms with Crippen molar-refractivity contribution in [3.63, 3.8) is 0 Å². The molecule has 2 aromatic rings. The van der Waals surface area contributed by atoms with Crippen LogP contribution in [-0.2, 0) is 4.74 Å². The SMILES string of the molecule is CCNC(=NCC(c1ccc(C)s1)N1CCOCC1)NCC(O)c1ccccc1F.I. The van der Waals surface area contributed by atoms with Gasteiger partial charge in [-0.3, -0.25) is 9.89 Å². The van der Waals surface area contributed by atoms with Crippen LogP contribution in [0.1, 0.15) is 34.4 Å². The molecule has 9 heteroatoms. The molecule has 1 aromatic carbocycles. The van der Waals surface area contributed by atoms with E-state index >= 15 is 0 Å². The van der Waals surface area contributed by atoms with Crippen molar-refractivity contribution in [2.75, 3.05) is 45.9 Å². The molecule has 0 amide bonds. The van der Waals surface area contributed by atoms with E-state index in [1.54, 1.807) is 29.5 Å². The average molecular weight is 562 g/mol. The summed E-state index contributed by atoms with van der Waals surface area (Å²) in [6.07, 6.45) is -0.954. The third-order valence-corrected chi connectivity index (χ3v) is 6.17. The Morgan fingerprint density at radius 1 is 1.23 bits per heavy atom. The number of aliphatic imine (C=N–C) groups is 1. The molecule has 172 valence electrons. The number of guanidine groups is 1. The number of hydrogen-bond acceptors (Lipinski definition) is 5. The second kappa shape index (κ2) is 13.3. The highest BCUT2D eigenvalue weighted by atomic mass is 127. The molecule has 1 aromatic heterocycles. The summed E-state index contributed by atoms with van der Waals surface area (Å²) < 4.78 is 19.4. The van der Waals surface area contributed by atoms with E-state index in [4.69, 9.17) is 9.73 Å². The third-order valence-electron chi connectivity index (χ3n) is 5.07. The Kier molecular flexibility index (Phi) is 11.2. The zero-order valence-electron chi connectivity index (χ0n) is 18.0. The molecule has 31 heavy (non-hydrogen) atoms. The Labute approximate surface area is 204 Å². The number of thiophene rings is 1. The first-order valence-electron chi connectivity index (χ1n) is 10.4. The van der Waals surface area contributed by atoms with Gasteiger partial charge in [0, 0.05) is 41.5 Å². The first kappa shape index (κ1) is 26.0. The Hall–Kier alpha value is -1.27. The first-order chi connectivity index (χ1) is 14.6. The van der Waals surface area contributed by atoms with Gasteiger partial charge in [-0.25, -0.2) is 4.39 Å². The summed E-state index contributed by atoms with van der Waals surface area (Å²) in [7, 11) is 0. The van der Waals surface area contributed by atoms with Crippen LogP contribution in [0.4, 0.5) is 4.39 Å². The molecule has 3 N–H and O–H groups in total. The molecule has 0 spiro atoms. The lowest BCUT2D eigenvalue weighted by Crippen LogP contribution is -2.42. The van der Waals surface area contributed by atoms with Crippen LogP contribution in [0.5, 0.6) is 0 Å². The molecule has 0 bridgehead atoms. The maximum atomic E-state index is 13.9. The molecule has 1 aliphatic rings. The fourth-order valence-electron chi connectivity index (χ4n) is 3.48. The van der Waals surface area contributed by atoms with E-state index in [0.29, 0.717) is 19.0 Å². The molecule has 0 aliphatic carbocycles. The smallest absolute Gasteiger partial charge is 0.191 e. The van der Waals surface area contributed by atoms with Crippen LogP contribution in [0.15, 0.2) is 41.4 Å². The van der Waals surface area contributed by atoms with Crippen molar-refractivity contribution in [2.45, 2.75) is 26.0 Å². The number of nitrogens with one attached hydrogen (secondary N) is 2. The standard InChI is InChI=1S/C22H31FN4O2S.HI/c1-3-24-22(26-15-20(28)17-6-4-5-7-18(17)23)25-14-19(21-9-8-16(2)30-21)27-10-12-29-13-11-27;/h4-9,19-20,28H,3,10-15H2,1-2H3,(H2,24,25,26);1H. The van der Waals surface area contributed by atoms with Crippen LogP contribution in [-0.4, -0.2) is 61.9 Å². The van der Waals surface area contributed by atoms with Crippen LogP contribution < -0.4 is 10.6 Å². The lowest BCUT2D eigenvalue weighted by atomic mass is 10.1. The van der Waals surface area contributed by atoms with Gasteiger partial charge in [-0.2, -0.15) is 0 Å². The lowest BCUT2D eigenvalue weighted by Gasteiger charge is -2.33. The summed E-state index contributed by atoms with van der Waals surface area (Å²) in [4.78, 5) is 9.76. The number of halogens is 2. The Morgan fingerprint density at radius 3 is 2.61 bits per heavy atom. The number of aliphatic hydroxyl groups is 1. The third kappa shape index (κ3) is 7.67. The van der Waals surface area contributed by atoms with Gasteiger partial charge in [-0.05, 0) is 32.0 Å². The van der Waals surface area contributed by atoms with E-state index in [-0.39, 0.29) is 42.1 Å². The number of rotatable bonds is 8. The van der Waals surface area contributed by atoms with Crippen molar-refractivity contribution in [2.24, 2.45) is 4.99 Å². The minimum Gasteiger partial charge on any atom is -0.386 e. The zero-order valence-corrected chi connectivity index (χ0v) is 21.2. The summed E-state index contributed by atoms with van der Waals surface area (Å²) in [5, 5.41) is 16.7. The van der Waals surface area contributed by atoms with E-state index in [2.05, 4.69) is 34.6 Å². The van der Waals surface area contributed by atoms with Gasteiger partial charge in [-0.1, -0.05) is 18.2 Å². The number of morpholine rings is 1. The second-order valence-electron chi connectivity index (χ2n) is 7.25. The summed E-state index contributed by atoms with van der Waals surface area (Å²) in [5.41, 5.74) is 0.279. The molecule has 2 atom stereocenters. The molecule has 1 aliphatic heterocycles. The van der Waals surface area contributed by atoms with Gasteiger partial charge in [0.15, 0.2) is 5.96 Å². The summed E-state index contributed by atoms with van der Waals surface area (Å²) in [6.45, 7) is 8.80. The van der Waals surface area contributed by atoms with Crippen molar-refractivity contribution in [3.8, 4) is 0 Å². The number of benzene rings is 1. The predicted octanol–water partition coefficient (Wildman–Crippen LogP) is 3.48. The summed E-state index contributed by atoms with van der Waals surface area (Å²) in [6, 6.07) is 10.8. The van der Waals surface area contributed by atoms with Crippen LogP contribution in [0.25, 0.3) is 0 Å². The predicted molar refractivity (Wildman–Crippen MR) is 135 cm³/mol. The Morgan fingerprint density at radius 2 is 1.97 bits per heavy atom. The second-order valence-corrected chi connectivity index (χ2v) is 8.57. The largest absolute Gasteiger partial charge is 0.386 e. The monoisotopic (exact) mass is 562 g/mol. The Balaban J connectivity index is 0.00000341. The fourth-order valence-corrected chi connectivity index (χ4v) is 4.48. The number of ether oxygens (including phenoxy) is 1. The van der Waals surface area contributed by atoms with Crippen LogP contribution in [0, 0.1) is 12.7 Å². The molecule has 3 rings (SSSR count). The first-order valence-corrected chi connectivity index (χ1v) is 11.2. The van der Waals surface area contributed by atoms with Gasteiger partial charge in [0.2, 0.25) is 0 Å². The highest BCUT2D eigenvalue weighted by Gasteiger charge is 2.24. The highest BCUT2D eigenvalue weighted by molar-refractivity contribution is 14.0. The molecule has 0 radical (unpaired) electrons. The molecular weight excluding hydrogens is 530 g/mol. The quantitative estimate of drug-likeness (QED) is 0.261. The van der Waals surface area contributed by atoms with E-state index in [1.165, 1.54) is 15.8 Å². The summed E-state index contributed by atoms with van der Waals surface area (Å²) in [5.74, 6) is 0.202. The molecule has 0 saturated carbocycles. The number of aliphatic hydroxyl groups excluding tert-OH is 1. The number of nitrogens with zero attached hydrogens (tertiary/aromatic N) is 2. The molecule has 1 fully saturated rings.